The number of carbonyl (C=O) groups is 2. The fraction of sp³-hybridized carbons (Fsp3) is 0.0769. The van der Waals surface area contributed by atoms with Crippen molar-refractivity contribution in [2.75, 3.05) is 5.32 Å². The highest BCUT2D eigenvalue weighted by Gasteiger charge is 2.29. The van der Waals surface area contributed by atoms with Gasteiger partial charge in [0.15, 0.2) is 6.23 Å². The Labute approximate surface area is 123 Å². The fourth-order valence-electron chi connectivity index (χ4n) is 2.06. The topological polar surface area (TPSA) is 78.4 Å². The van der Waals surface area contributed by atoms with Gasteiger partial charge in [0.05, 0.1) is 9.21 Å². The van der Waals surface area contributed by atoms with Gasteiger partial charge >= 0.3 is 0 Å². The van der Waals surface area contributed by atoms with Gasteiger partial charge in [-0.05, 0) is 24.3 Å². The van der Waals surface area contributed by atoms with E-state index in [1.54, 1.807) is 30.3 Å². The van der Waals surface area contributed by atoms with E-state index in [-0.39, 0.29) is 11.8 Å². The highest BCUT2D eigenvalue weighted by molar-refractivity contribution is 7.18. The Kier molecular flexibility index (Phi) is 3.21. The first-order chi connectivity index (χ1) is 9.56. The van der Waals surface area contributed by atoms with E-state index >= 15 is 0 Å². The summed E-state index contributed by atoms with van der Waals surface area (Å²) in [5.74, 6) is -0.690. The van der Waals surface area contributed by atoms with Crippen LogP contribution in [-0.4, -0.2) is 16.9 Å². The molecule has 3 N–H and O–H groups in total. The van der Waals surface area contributed by atoms with Crippen molar-refractivity contribution in [3.63, 3.8) is 0 Å². The molecular weight excluding hydrogens is 300 g/mol. The molecule has 1 aromatic heterocycles. The van der Waals surface area contributed by atoms with Gasteiger partial charge in [-0.2, -0.15) is 0 Å². The Morgan fingerprint density at radius 3 is 2.85 bits per heavy atom. The summed E-state index contributed by atoms with van der Waals surface area (Å²) < 4.78 is 0.519. The number of rotatable bonds is 2. The molecule has 1 aliphatic heterocycles. The summed E-state index contributed by atoms with van der Waals surface area (Å²) in [7, 11) is 0. The van der Waals surface area contributed by atoms with Gasteiger partial charge in [0.25, 0.3) is 11.8 Å². The standard InChI is InChI=1S/C13H9ClN2O3S/c14-9-5-4-8(20-9)12(18)15-7-3-1-2-6-10(7)13(19)16-11(6)17/h1-5,13,19H,(H,15,18)(H,16,17). The summed E-state index contributed by atoms with van der Waals surface area (Å²) in [4.78, 5) is 24.1. The lowest BCUT2D eigenvalue weighted by Gasteiger charge is -2.11. The molecule has 7 heteroatoms. The van der Waals surface area contributed by atoms with E-state index in [9.17, 15) is 14.7 Å². The molecule has 0 saturated heterocycles. The van der Waals surface area contributed by atoms with Gasteiger partial charge in [0.2, 0.25) is 0 Å². The molecule has 0 saturated carbocycles. The summed E-state index contributed by atoms with van der Waals surface area (Å²) in [6, 6.07) is 8.13. The highest BCUT2D eigenvalue weighted by atomic mass is 35.5. The smallest absolute Gasteiger partial charge is 0.265 e. The lowest BCUT2D eigenvalue weighted by molar-refractivity contribution is 0.0851. The normalized spacial score (nSPS) is 16.7. The van der Waals surface area contributed by atoms with Crippen LogP contribution in [0.5, 0.6) is 0 Å². The van der Waals surface area contributed by atoms with E-state index in [1.807, 2.05) is 0 Å². The summed E-state index contributed by atoms with van der Waals surface area (Å²) >= 11 is 6.95. The number of carbonyl (C=O) groups excluding carboxylic acids is 2. The highest BCUT2D eigenvalue weighted by Crippen LogP contribution is 2.31. The molecule has 2 amide bonds. The Hall–Kier alpha value is -1.89. The molecule has 0 spiro atoms. The van der Waals surface area contributed by atoms with Crippen molar-refractivity contribution >= 4 is 40.4 Å². The number of nitrogens with one attached hydrogen (secondary N) is 2. The summed E-state index contributed by atoms with van der Waals surface area (Å²) in [5, 5.41) is 14.9. The first-order valence-corrected chi connectivity index (χ1v) is 6.94. The van der Waals surface area contributed by atoms with Crippen LogP contribution in [0.2, 0.25) is 4.34 Å². The van der Waals surface area contributed by atoms with Crippen LogP contribution in [0.25, 0.3) is 0 Å². The first-order valence-electron chi connectivity index (χ1n) is 5.75. The van der Waals surface area contributed by atoms with Gasteiger partial charge in [-0.3, -0.25) is 9.59 Å². The van der Waals surface area contributed by atoms with Gasteiger partial charge in [-0.25, -0.2) is 0 Å². The monoisotopic (exact) mass is 308 g/mol. The van der Waals surface area contributed by atoms with Crippen molar-refractivity contribution in [2.45, 2.75) is 6.23 Å². The molecule has 0 fully saturated rings. The van der Waals surface area contributed by atoms with Crippen molar-refractivity contribution in [1.29, 1.82) is 0 Å². The van der Waals surface area contributed by atoms with Gasteiger partial charge in [0.1, 0.15) is 0 Å². The molecule has 1 atom stereocenters. The minimum Gasteiger partial charge on any atom is -0.369 e. The minimum atomic E-state index is -1.11. The summed E-state index contributed by atoms with van der Waals surface area (Å²) in [6.45, 7) is 0. The number of halogens is 1. The molecule has 5 nitrogen and oxygen atoms in total. The van der Waals surface area contributed by atoms with Crippen LogP contribution >= 0.6 is 22.9 Å². The van der Waals surface area contributed by atoms with E-state index in [0.29, 0.717) is 26.0 Å². The van der Waals surface area contributed by atoms with Gasteiger partial charge in [0, 0.05) is 16.8 Å². The Balaban J connectivity index is 1.93. The molecule has 0 aliphatic carbocycles. The predicted molar refractivity (Wildman–Crippen MR) is 76.2 cm³/mol. The van der Waals surface area contributed by atoms with Crippen molar-refractivity contribution in [1.82, 2.24) is 5.32 Å². The zero-order valence-electron chi connectivity index (χ0n) is 10.0. The second-order valence-electron chi connectivity index (χ2n) is 4.20. The maximum Gasteiger partial charge on any atom is 0.265 e. The van der Waals surface area contributed by atoms with Crippen LogP contribution in [-0.2, 0) is 0 Å². The number of aliphatic hydroxyl groups is 1. The summed E-state index contributed by atoms with van der Waals surface area (Å²) in [6.07, 6.45) is -1.11. The molecule has 20 heavy (non-hydrogen) atoms. The molecule has 2 aromatic rings. The third-order valence-corrected chi connectivity index (χ3v) is 4.17. The largest absolute Gasteiger partial charge is 0.369 e. The van der Waals surface area contributed by atoms with Crippen LogP contribution < -0.4 is 10.6 Å². The van der Waals surface area contributed by atoms with Crippen LogP contribution in [0.15, 0.2) is 30.3 Å². The second-order valence-corrected chi connectivity index (χ2v) is 5.92. The lowest BCUT2D eigenvalue weighted by atomic mass is 10.1. The predicted octanol–water partition coefficient (Wildman–Crippen LogP) is 2.39. The van der Waals surface area contributed by atoms with Crippen LogP contribution in [0, 0.1) is 0 Å². The second kappa shape index (κ2) is 4.90. The molecule has 2 heterocycles. The van der Waals surface area contributed by atoms with E-state index in [0.717, 1.165) is 11.3 Å². The maximum absolute atomic E-state index is 12.1. The molecule has 0 radical (unpaired) electrons. The average Bonchev–Trinajstić information content (AvgIpc) is 2.96. The van der Waals surface area contributed by atoms with Crippen molar-refractivity contribution in [3.8, 4) is 0 Å². The lowest BCUT2D eigenvalue weighted by Crippen LogP contribution is -2.18. The van der Waals surface area contributed by atoms with Crippen molar-refractivity contribution in [3.05, 3.63) is 50.7 Å². The number of hydrogen-bond donors (Lipinski definition) is 3. The minimum absolute atomic E-state index is 0.332. The van der Waals surface area contributed by atoms with E-state index in [4.69, 9.17) is 11.6 Å². The van der Waals surface area contributed by atoms with Gasteiger partial charge in [-0.1, -0.05) is 17.7 Å². The fourth-order valence-corrected chi connectivity index (χ4v) is 3.00. The van der Waals surface area contributed by atoms with Gasteiger partial charge < -0.3 is 15.7 Å². The number of anilines is 1. The quantitative estimate of drug-likeness (QED) is 0.797. The molecule has 3 rings (SSSR count). The molecule has 1 aliphatic rings. The van der Waals surface area contributed by atoms with Crippen molar-refractivity contribution in [2.24, 2.45) is 0 Å². The Bertz CT molecular complexity index is 713. The molecule has 1 unspecified atom stereocenters. The number of aliphatic hydroxyl groups excluding tert-OH is 1. The molecule has 0 bridgehead atoms. The number of amides is 2. The van der Waals surface area contributed by atoms with E-state index in [2.05, 4.69) is 10.6 Å². The molecular formula is C13H9ClN2O3S. The number of thiophene rings is 1. The SMILES string of the molecule is O=C(Nc1cccc2c1C(O)NC2=O)c1ccc(Cl)s1. The molecule has 1 aromatic carbocycles. The van der Waals surface area contributed by atoms with E-state index < -0.39 is 6.23 Å². The Morgan fingerprint density at radius 2 is 2.15 bits per heavy atom. The number of hydrogen-bond acceptors (Lipinski definition) is 4. The zero-order valence-corrected chi connectivity index (χ0v) is 11.6. The maximum atomic E-state index is 12.1. The first kappa shape index (κ1) is 13.1. The van der Waals surface area contributed by atoms with Gasteiger partial charge in [-0.15, -0.1) is 11.3 Å². The van der Waals surface area contributed by atoms with E-state index in [1.165, 1.54) is 0 Å². The third-order valence-electron chi connectivity index (χ3n) is 2.94. The van der Waals surface area contributed by atoms with Crippen LogP contribution in [0.1, 0.15) is 31.8 Å². The molecule has 102 valence electrons. The van der Waals surface area contributed by atoms with Crippen LogP contribution in [0.3, 0.4) is 0 Å². The number of benzene rings is 1. The zero-order chi connectivity index (χ0) is 14.3. The Morgan fingerprint density at radius 1 is 1.35 bits per heavy atom. The van der Waals surface area contributed by atoms with Crippen LogP contribution in [0.4, 0.5) is 5.69 Å². The summed E-state index contributed by atoms with van der Waals surface area (Å²) in [5.41, 5.74) is 1.15. The number of fused-ring (bicyclic) bond motifs is 1. The third kappa shape index (κ3) is 2.18. The average molecular weight is 309 g/mol. The van der Waals surface area contributed by atoms with Crippen molar-refractivity contribution < 1.29 is 14.7 Å².